The molecule has 0 unspecified atom stereocenters. The molecule has 1 aliphatic heterocycles. The fraction of sp³-hybridized carbons (Fsp3) is 0.231. The van der Waals surface area contributed by atoms with Crippen molar-refractivity contribution >= 4 is 33.6 Å². The SMILES string of the molecule is O=C(COC(=O)Cc1coc2ccc3ccccc3c12)NCCc1ccc2c(c1)OCCO2. The quantitative estimate of drug-likeness (QED) is 0.436. The molecule has 0 fully saturated rings. The molecule has 4 aromatic rings. The lowest BCUT2D eigenvalue weighted by molar-refractivity contribution is -0.147. The van der Waals surface area contributed by atoms with E-state index in [1.54, 1.807) is 6.26 Å². The summed E-state index contributed by atoms with van der Waals surface area (Å²) in [5.41, 5.74) is 2.48. The largest absolute Gasteiger partial charge is 0.486 e. The molecule has 1 N–H and O–H groups in total. The number of rotatable bonds is 7. The van der Waals surface area contributed by atoms with Gasteiger partial charge in [0.15, 0.2) is 18.1 Å². The zero-order valence-electron chi connectivity index (χ0n) is 18.0. The van der Waals surface area contributed by atoms with Gasteiger partial charge in [-0.2, -0.15) is 0 Å². The van der Waals surface area contributed by atoms with Gasteiger partial charge in [0.05, 0.1) is 12.7 Å². The van der Waals surface area contributed by atoms with Crippen LogP contribution in [0.4, 0.5) is 0 Å². The normalized spacial score (nSPS) is 12.6. The molecule has 0 spiro atoms. The van der Waals surface area contributed by atoms with Crippen LogP contribution in [0, 0.1) is 0 Å². The van der Waals surface area contributed by atoms with E-state index in [0.717, 1.165) is 38.8 Å². The molecule has 33 heavy (non-hydrogen) atoms. The Hall–Kier alpha value is -4.00. The fourth-order valence-corrected chi connectivity index (χ4v) is 4.00. The number of hydrogen-bond donors (Lipinski definition) is 1. The Morgan fingerprint density at radius 3 is 2.73 bits per heavy atom. The number of benzene rings is 3. The van der Waals surface area contributed by atoms with Gasteiger partial charge in [0.2, 0.25) is 0 Å². The number of fused-ring (bicyclic) bond motifs is 4. The number of carbonyl (C=O) groups excluding carboxylic acids is 2. The Morgan fingerprint density at radius 1 is 0.970 bits per heavy atom. The number of hydrogen-bond acceptors (Lipinski definition) is 6. The van der Waals surface area contributed by atoms with Crippen molar-refractivity contribution < 1.29 is 28.2 Å². The van der Waals surface area contributed by atoms with E-state index in [0.29, 0.717) is 31.8 Å². The molecular formula is C26H23NO6. The molecule has 0 atom stereocenters. The van der Waals surface area contributed by atoms with E-state index in [4.69, 9.17) is 18.6 Å². The molecule has 0 saturated carbocycles. The van der Waals surface area contributed by atoms with Crippen LogP contribution in [0.3, 0.4) is 0 Å². The third-order valence-corrected chi connectivity index (χ3v) is 5.58. The second-order valence-corrected chi connectivity index (χ2v) is 7.84. The first-order valence-electron chi connectivity index (χ1n) is 10.9. The van der Waals surface area contributed by atoms with E-state index in [2.05, 4.69) is 5.32 Å². The second kappa shape index (κ2) is 9.24. The van der Waals surface area contributed by atoms with Crippen molar-refractivity contribution in [2.24, 2.45) is 0 Å². The van der Waals surface area contributed by atoms with Gasteiger partial charge in [0.1, 0.15) is 18.8 Å². The predicted octanol–water partition coefficient (Wildman–Crippen LogP) is 3.80. The zero-order chi connectivity index (χ0) is 22.6. The molecule has 1 amide bonds. The Balaban J connectivity index is 1.12. The van der Waals surface area contributed by atoms with Gasteiger partial charge in [-0.3, -0.25) is 9.59 Å². The minimum Gasteiger partial charge on any atom is -0.486 e. The van der Waals surface area contributed by atoms with E-state index in [9.17, 15) is 9.59 Å². The number of furan rings is 1. The molecule has 0 aliphatic carbocycles. The summed E-state index contributed by atoms with van der Waals surface area (Å²) in [6.07, 6.45) is 2.24. The van der Waals surface area contributed by atoms with E-state index < -0.39 is 5.97 Å². The molecule has 168 valence electrons. The molecule has 1 aromatic heterocycles. The molecule has 0 radical (unpaired) electrons. The van der Waals surface area contributed by atoms with Gasteiger partial charge in [0.25, 0.3) is 5.91 Å². The first kappa shape index (κ1) is 20.9. The van der Waals surface area contributed by atoms with Gasteiger partial charge in [0, 0.05) is 17.5 Å². The Labute approximate surface area is 190 Å². The van der Waals surface area contributed by atoms with Crippen molar-refractivity contribution in [3.05, 3.63) is 72.0 Å². The molecule has 7 heteroatoms. The highest BCUT2D eigenvalue weighted by Gasteiger charge is 2.15. The number of esters is 1. The van der Waals surface area contributed by atoms with E-state index >= 15 is 0 Å². The number of nitrogens with one attached hydrogen (secondary N) is 1. The van der Waals surface area contributed by atoms with Gasteiger partial charge in [-0.15, -0.1) is 0 Å². The molecule has 3 aromatic carbocycles. The molecule has 5 rings (SSSR count). The molecule has 7 nitrogen and oxygen atoms in total. The maximum absolute atomic E-state index is 12.4. The lowest BCUT2D eigenvalue weighted by Crippen LogP contribution is -2.30. The average Bonchev–Trinajstić information content (AvgIpc) is 3.26. The van der Waals surface area contributed by atoms with Crippen LogP contribution < -0.4 is 14.8 Å². The number of carbonyl (C=O) groups is 2. The fourth-order valence-electron chi connectivity index (χ4n) is 4.00. The van der Waals surface area contributed by atoms with Gasteiger partial charge < -0.3 is 23.9 Å². The summed E-state index contributed by atoms with van der Waals surface area (Å²) in [4.78, 5) is 24.5. The van der Waals surface area contributed by atoms with Gasteiger partial charge in [-0.1, -0.05) is 36.4 Å². The van der Waals surface area contributed by atoms with Crippen molar-refractivity contribution in [1.29, 1.82) is 0 Å². The van der Waals surface area contributed by atoms with Crippen molar-refractivity contribution in [2.75, 3.05) is 26.4 Å². The summed E-state index contributed by atoms with van der Waals surface area (Å²) in [7, 11) is 0. The Morgan fingerprint density at radius 2 is 1.82 bits per heavy atom. The Kier molecular flexibility index (Phi) is 5.85. The number of amides is 1. The van der Waals surface area contributed by atoms with Crippen LogP contribution in [-0.2, 0) is 27.2 Å². The lowest BCUT2D eigenvalue weighted by atomic mass is 10.0. The van der Waals surface area contributed by atoms with Gasteiger partial charge >= 0.3 is 5.97 Å². The maximum Gasteiger partial charge on any atom is 0.310 e. The summed E-state index contributed by atoms with van der Waals surface area (Å²) in [6, 6.07) is 17.5. The van der Waals surface area contributed by atoms with Crippen LogP contribution >= 0.6 is 0 Å². The summed E-state index contributed by atoms with van der Waals surface area (Å²) in [5, 5.41) is 5.75. The first-order valence-corrected chi connectivity index (χ1v) is 10.9. The number of ether oxygens (including phenoxy) is 3. The monoisotopic (exact) mass is 445 g/mol. The third kappa shape index (κ3) is 4.62. The van der Waals surface area contributed by atoms with Crippen LogP contribution in [0.25, 0.3) is 21.7 Å². The van der Waals surface area contributed by atoms with Crippen LogP contribution in [-0.4, -0.2) is 38.2 Å². The van der Waals surface area contributed by atoms with Gasteiger partial charge in [-0.25, -0.2) is 0 Å². The average molecular weight is 445 g/mol. The third-order valence-electron chi connectivity index (χ3n) is 5.58. The predicted molar refractivity (Wildman–Crippen MR) is 123 cm³/mol. The lowest BCUT2D eigenvalue weighted by Gasteiger charge is -2.18. The topological polar surface area (TPSA) is 87.0 Å². The summed E-state index contributed by atoms with van der Waals surface area (Å²) in [6.45, 7) is 1.18. The molecule has 0 bridgehead atoms. The smallest absolute Gasteiger partial charge is 0.310 e. The highest BCUT2D eigenvalue weighted by Crippen LogP contribution is 2.31. The highest BCUT2D eigenvalue weighted by atomic mass is 16.6. The van der Waals surface area contributed by atoms with Crippen molar-refractivity contribution in [1.82, 2.24) is 5.32 Å². The molecule has 2 heterocycles. The van der Waals surface area contributed by atoms with Crippen LogP contribution in [0.1, 0.15) is 11.1 Å². The minimum absolute atomic E-state index is 0.0332. The molecular weight excluding hydrogens is 422 g/mol. The van der Waals surface area contributed by atoms with Crippen molar-refractivity contribution in [2.45, 2.75) is 12.8 Å². The van der Waals surface area contributed by atoms with Gasteiger partial charge in [-0.05, 0) is 41.0 Å². The molecule has 1 aliphatic rings. The standard InChI is InChI=1S/C26H23NO6/c28-24(27-10-9-17-5-7-21-23(13-17)31-12-11-30-21)16-33-25(29)14-19-15-32-22-8-6-18-3-1-2-4-20(18)26(19)22/h1-8,13,15H,9-12,14,16H2,(H,27,28). The van der Waals surface area contributed by atoms with E-state index in [1.807, 2.05) is 54.6 Å². The molecule has 0 saturated heterocycles. The minimum atomic E-state index is -0.479. The second-order valence-electron chi connectivity index (χ2n) is 7.84. The van der Waals surface area contributed by atoms with Crippen molar-refractivity contribution in [3.63, 3.8) is 0 Å². The van der Waals surface area contributed by atoms with E-state index in [-0.39, 0.29) is 18.9 Å². The summed E-state index contributed by atoms with van der Waals surface area (Å²) < 4.78 is 21.9. The van der Waals surface area contributed by atoms with Crippen LogP contribution in [0.5, 0.6) is 11.5 Å². The van der Waals surface area contributed by atoms with Crippen LogP contribution in [0.2, 0.25) is 0 Å². The summed E-state index contributed by atoms with van der Waals surface area (Å²) >= 11 is 0. The van der Waals surface area contributed by atoms with Crippen molar-refractivity contribution in [3.8, 4) is 11.5 Å². The Bertz CT molecular complexity index is 1330. The summed E-state index contributed by atoms with van der Waals surface area (Å²) in [5.74, 6) is 0.633. The van der Waals surface area contributed by atoms with Crippen LogP contribution in [0.15, 0.2) is 65.3 Å². The highest BCUT2D eigenvalue weighted by molar-refractivity contribution is 6.08. The van der Waals surface area contributed by atoms with E-state index in [1.165, 1.54) is 0 Å². The first-order chi connectivity index (χ1) is 16.2. The maximum atomic E-state index is 12.4. The zero-order valence-corrected chi connectivity index (χ0v) is 18.0.